The van der Waals surface area contributed by atoms with Crippen LogP contribution in [0.3, 0.4) is 0 Å². The molecule has 2 aromatic heterocycles. The van der Waals surface area contributed by atoms with Crippen molar-refractivity contribution in [2.75, 3.05) is 20.2 Å². The van der Waals surface area contributed by atoms with Crippen molar-refractivity contribution in [3.05, 3.63) is 89.5 Å². The average Bonchev–Trinajstić information content (AvgIpc) is 2.80. The Hall–Kier alpha value is -3.21. The first-order valence-corrected chi connectivity index (χ1v) is 10.5. The monoisotopic (exact) mass is 401 g/mol. The van der Waals surface area contributed by atoms with Crippen LogP contribution in [0.5, 0.6) is 5.75 Å². The Balaban J connectivity index is 1.44. The maximum atomic E-state index is 12.8. The number of rotatable bonds is 6. The zero-order valence-corrected chi connectivity index (χ0v) is 17.3. The number of nitrogens with zero attached hydrogens (tertiary/aromatic N) is 3. The second kappa shape index (κ2) is 9.53. The fraction of sp³-hybridized carbons (Fsp3) is 0.320. The number of amides is 1. The molecule has 0 N–H and O–H groups in total. The van der Waals surface area contributed by atoms with Gasteiger partial charge in [0.05, 0.1) is 13.5 Å². The molecule has 1 fully saturated rings. The summed E-state index contributed by atoms with van der Waals surface area (Å²) >= 11 is 0. The Labute approximate surface area is 177 Å². The minimum atomic E-state index is 0.142. The highest BCUT2D eigenvalue weighted by Gasteiger charge is 2.26. The van der Waals surface area contributed by atoms with E-state index in [4.69, 9.17) is 9.72 Å². The van der Waals surface area contributed by atoms with Crippen LogP contribution in [-0.2, 0) is 17.6 Å². The number of carbonyl (C=O) groups excluding carboxylic acids is 1. The third-order valence-corrected chi connectivity index (χ3v) is 5.64. The van der Waals surface area contributed by atoms with Crippen LogP contribution in [0, 0.1) is 0 Å². The predicted molar refractivity (Wildman–Crippen MR) is 117 cm³/mol. The fourth-order valence-corrected chi connectivity index (χ4v) is 4.08. The summed E-state index contributed by atoms with van der Waals surface area (Å²) in [7, 11) is 1.70. The lowest BCUT2D eigenvalue weighted by Crippen LogP contribution is -2.40. The summed E-state index contributed by atoms with van der Waals surface area (Å²) in [4.78, 5) is 24.0. The highest BCUT2D eigenvalue weighted by atomic mass is 16.5. The number of para-hydroxylation sites is 1. The van der Waals surface area contributed by atoms with E-state index in [-0.39, 0.29) is 11.8 Å². The quantitative estimate of drug-likeness (QED) is 0.626. The molecule has 0 unspecified atom stereocenters. The topological polar surface area (TPSA) is 55.3 Å². The molecule has 30 heavy (non-hydrogen) atoms. The lowest BCUT2D eigenvalue weighted by molar-refractivity contribution is -0.131. The lowest BCUT2D eigenvalue weighted by Gasteiger charge is -2.32. The molecule has 1 aromatic carbocycles. The highest BCUT2D eigenvalue weighted by Crippen LogP contribution is 2.27. The number of benzene rings is 1. The average molecular weight is 402 g/mol. The standard InChI is InChI=1S/C25H27N3O2/c1-30-24-13-3-2-8-19(24)16-22-11-6-12-23(27-22)20-9-7-15-28(18-20)25(29)17-21-10-4-5-14-26-21/h2-6,8,10-14,20H,7,9,15-18H2,1H3/t20-/m1/s1. The summed E-state index contributed by atoms with van der Waals surface area (Å²) in [5.74, 6) is 1.29. The van der Waals surface area contributed by atoms with Crippen molar-refractivity contribution in [3.8, 4) is 5.75 Å². The molecule has 0 saturated carbocycles. The smallest absolute Gasteiger partial charge is 0.228 e. The van der Waals surface area contributed by atoms with Gasteiger partial charge in [-0.3, -0.25) is 14.8 Å². The van der Waals surface area contributed by atoms with E-state index in [1.807, 2.05) is 41.3 Å². The molecule has 1 amide bonds. The van der Waals surface area contributed by atoms with Gasteiger partial charge in [0.25, 0.3) is 0 Å². The molecule has 0 aliphatic carbocycles. The van der Waals surface area contributed by atoms with Gasteiger partial charge < -0.3 is 9.64 Å². The van der Waals surface area contributed by atoms with Gasteiger partial charge in [0, 0.05) is 54.3 Å². The van der Waals surface area contributed by atoms with Crippen molar-refractivity contribution in [2.24, 2.45) is 0 Å². The van der Waals surface area contributed by atoms with Gasteiger partial charge in [-0.25, -0.2) is 0 Å². The van der Waals surface area contributed by atoms with E-state index in [1.165, 1.54) is 0 Å². The largest absolute Gasteiger partial charge is 0.496 e. The number of hydrogen-bond donors (Lipinski definition) is 0. The molecule has 0 radical (unpaired) electrons. The molecule has 1 aliphatic heterocycles. The SMILES string of the molecule is COc1ccccc1Cc1cccc([C@@H]2CCCN(C(=O)Cc3ccccn3)C2)n1. The van der Waals surface area contributed by atoms with Gasteiger partial charge in [0.15, 0.2) is 0 Å². The van der Waals surface area contributed by atoms with E-state index in [0.717, 1.165) is 60.7 Å². The van der Waals surface area contributed by atoms with Crippen molar-refractivity contribution in [2.45, 2.75) is 31.6 Å². The maximum absolute atomic E-state index is 12.8. The van der Waals surface area contributed by atoms with Crippen LogP contribution in [0.4, 0.5) is 0 Å². The van der Waals surface area contributed by atoms with Crippen LogP contribution in [0.15, 0.2) is 66.9 Å². The zero-order valence-electron chi connectivity index (χ0n) is 17.3. The van der Waals surface area contributed by atoms with Crippen molar-refractivity contribution < 1.29 is 9.53 Å². The molecular weight excluding hydrogens is 374 g/mol. The van der Waals surface area contributed by atoms with Crippen LogP contribution in [0.1, 0.15) is 41.4 Å². The third kappa shape index (κ3) is 4.85. The normalized spacial score (nSPS) is 16.3. The van der Waals surface area contributed by atoms with Crippen molar-refractivity contribution in [1.29, 1.82) is 0 Å². The number of aromatic nitrogens is 2. The molecule has 5 heteroatoms. The zero-order chi connectivity index (χ0) is 20.8. The van der Waals surface area contributed by atoms with Gasteiger partial charge in [-0.15, -0.1) is 0 Å². The first-order chi connectivity index (χ1) is 14.7. The van der Waals surface area contributed by atoms with Gasteiger partial charge in [-0.1, -0.05) is 30.3 Å². The molecule has 1 atom stereocenters. The molecular formula is C25H27N3O2. The van der Waals surface area contributed by atoms with E-state index >= 15 is 0 Å². The maximum Gasteiger partial charge on any atom is 0.228 e. The van der Waals surface area contributed by atoms with Gasteiger partial charge in [-0.2, -0.15) is 0 Å². The number of likely N-dealkylation sites (tertiary alicyclic amines) is 1. The second-order valence-corrected chi connectivity index (χ2v) is 7.72. The van der Waals surface area contributed by atoms with Gasteiger partial charge in [-0.05, 0) is 43.2 Å². The molecule has 0 bridgehead atoms. The Kier molecular flexibility index (Phi) is 6.38. The number of piperidine rings is 1. The lowest BCUT2D eigenvalue weighted by atomic mass is 9.93. The van der Waals surface area contributed by atoms with E-state index in [0.29, 0.717) is 6.42 Å². The Morgan fingerprint density at radius 1 is 1.07 bits per heavy atom. The predicted octanol–water partition coefficient (Wildman–Crippen LogP) is 4.02. The van der Waals surface area contributed by atoms with Gasteiger partial charge in [0.2, 0.25) is 5.91 Å². The first-order valence-electron chi connectivity index (χ1n) is 10.5. The Bertz CT molecular complexity index is 990. The second-order valence-electron chi connectivity index (χ2n) is 7.72. The van der Waals surface area contributed by atoms with Crippen LogP contribution in [0.2, 0.25) is 0 Å². The van der Waals surface area contributed by atoms with E-state index in [9.17, 15) is 4.79 Å². The summed E-state index contributed by atoms with van der Waals surface area (Å²) in [6, 6.07) is 20.0. The van der Waals surface area contributed by atoms with Crippen LogP contribution in [-0.4, -0.2) is 41.0 Å². The summed E-state index contributed by atoms with van der Waals surface area (Å²) < 4.78 is 5.48. The number of ether oxygens (including phenoxy) is 1. The Morgan fingerprint density at radius 3 is 2.73 bits per heavy atom. The first kappa shape index (κ1) is 20.1. The molecule has 4 rings (SSSR count). The number of carbonyl (C=O) groups is 1. The highest BCUT2D eigenvalue weighted by molar-refractivity contribution is 5.78. The van der Waals surface area contributed by atoms with Crippen molar-refractivity contribution >= 4 is 5.91 Å². The van der Waals surface area contributed by atoms with Crippen LogP contribution >= 0.6 is 0 Å². The molecule has 0 spiro atoms. The summed E-state index contributed by atoms with van der Waals surface area (Å²) in [6.07, 6.45) is 4.87. The number of pyridine rings is 2. The van der Waals surface area contributed by atoms with Crippen molar-refractivity contribution in [1.82, 2.24) is 14.9 Å². The molecule has 3 heterocycles. The molecule has 154 valence electrons. The molecule has 1 aliphatic rings. The number of methoxy groups -OCH3 is 1. The minimum absolute atomic E-state index is 0.142. The minimum Gasteiger partial charge on any atom is -0.496 e. The number of hydrogen-bond acceptors (Lipinski definition) is 4. The van der Waals surface area contributed by atoms with Crippen molar-refractivity contribution in [3.63, 3.8) is 0 Å². The fourth-order valence-electron chi connectivity index (χ4n) is 4.08. The van der Waals surface area contributed by atoms with E-state index in [1.54, 1.807) is 13.3 Å². The van der Waals surface area contributed by atoms with Gasteiger partial charge in [0.1, 0.15) is 5.75 Å². The molecule has 1 saturated heterocycles. The van der Waals surface area contributed by atoms with Gasteiger partial charge >= 0.3 is 0 Å². The summed E-state index contributed by atoms with van der Waals surface area (Å²) in [5, 5.41) is 0. The third-order valence-electron chi connectivity index (χ3n) is 5.64. The Morgan fingerprint density at radius 2 is 1.90 bits per heavy atom. The van der Waals surface area contributed by atoms with E-state index in [2.05, 4.69) is 29.2 Å². The van der Waals surface area contributed by atoms with Crippen LogP contribution in [0.25, 0.3) is 0 Å². The summed E-state index contributed by atoms with van der Waals surface area (Å²) in [6.45, 7) is 1.53. The van der Waals surface area contributed by atoms with Crippen LogP contribution < -0.4 is 4.74 Å². The van der Waals surface area contributed by atoms with E-state index < -0.39 is 0 Å². The summed E-state index contributed by atoms with van der Waals surface area (Å²) in [5.41, 5.74) is 4.04. The molecule has 5 nitrogen and oxygen atoms in total. The molecule has 3 aromatic rings.